The molecule has 1 aliphatic heterocycles. The van der Waals surface area contributed by atoms with Crippen molar-refractivity contribution in [3.8, 4) is 0 Å². The highest BCUT2D eigenvalue weighted by molar-refractivity contribution is 6.30. The number of benzene rings is 1. The summed E-state index contributed by atoms with van der Waals surface area (Å²) in [7, 11) is 2.11. The number of piperazine rings is 1. The zero-order valence-electron chi connectivity index (χ0n) is 17.1. The molecule has 29 heavy (non-hydrogen) atoms. The predicted octanol–water partition coefficient (Wildman–Crippen LogP) is 5.23. The van der Waals surface area contributed by atoms with Crippen molar-refractivity contribution >= 4 is 28.9 Å². The molecule has 1 saturated heterocycles. The van der Waals surface area contributed by atoms with Gasteiger partial charge in [-0.1, -0.05) is 32.4 Å². The molecule has 1 N–H and O–H groups in total. The van der Waals surface area contributed by atoms with Gasteiger partial charge in [-0.3, -0.25) is 0 Å². The van der Waals surface area contributed by atoms with Crippen molar-refractivity contribution in [3.63, 3.8) is 0 Å². The first-order chi connectivity index (χ1) is 13.8. The molecule has 0 unspecified atom stereocenters. The van der Waals surface area contributed by atoms with Crippen molar-refractivity contribution in [2.24, 2.45) is 0 Å². The number of likely N-dealkylation sites (N-methyl/N-ethyl adjacent to an activating group) is 1. The molecule has 1 aromatic heterocycles. The number of aryl methyl sites for hydroxylation is 1. The molecule has 1 aliphatic rings. The van der Waals surface area contributed by atoms with Crippen LogP contribution in [0.5, 0.6) is 0 Å². The molecule has 0 spiro atoms. The molecule has 2 heterocycles. The second-order valence-corrected chi connectivity index (χ2v) is 6.86. The first-order valence-electron chi connectivity index (χ1n) is 9.71. The number of hydrogen-bond acceptors (Lipinski definition) is 5. The summed E-state index contributed by atoms with van der Waals surface area (Å²) in [6.07, 6.45) is -3.12. The number of hydrogen-bond donors (Lipinski definition) is 1. The lowest BCUT2D eigenvalue weighted by atomic mass is 10.1. The number of rotatable bonds is 4. The van der Waals surface area contributed by atoms with Gasteiger partial charge in [0.1, 0.15) is 10.7 Å². The van der Waals surface area contributed by atoms with Gasteiger partial charge in [0.05, 0.1) is 0 Å². The Labute approximate surface area is 174 Å². The van der Waals surface area contributed by atoms with E-state index in [1.807, 2.05) is 32.9 Å². The van der Waals surface area contributed by atoms with Crippen molar-refractivity contribution in [3.05, 3.63) is 40.7 Å². The molecule has 5 nitrogen and oxygen atoms in total. The number of aromatic nitrogens is 2. The fourth-order valence-corrected chi connectivity index (χ4v) is 3.22. The topological polar surface area (TPSA) is 44.3 Å². The van der Waals surface area contributed by atoms with Gasteiger partial charge in [0.15, 0.2) is 0 Å². The Kier molecular flexibility index (Phi) is 8.10. The van der Waals surface area contributed by atoms with Crippen LogP contribution in [0.15, 0.2) is 24.4 Å². The van der Waals surface area contributed by atoms with Crippen LogP contribution in [0.4, 0.5) is 30.5 Å². The molecule has 2 aromatic rings. The Bertz CT molecular complexity index is 805. The van der Waals surface area contributed by atoms with Gasteiger partial charge < -0.3 is 15.1 Å². The normalized spacial score (nSPS) is 15.0. The molecular formula is C20H27ClF3N5. The number of alkyl halides is 3. The molecule has 9 heteroatoms. The SMILES string of the molecule is CC.CCc1cc(N2CCN(C)CC2)ccc1Nc1ncc(C(F)(F)F)c(Cl)n1. The van der Waals surface area contributed by atoms with Gasteiger partial charge in [-0.15, -0.1) is 0 Å². The van der Waals surface area contributed by atoms with Crippen LogP contribution in [0.1, 0.15) is 31.9 Å². The van der Waals surface area contributed by atoms with E-state index < -0.39 is 16.9 Å². The summed E-state index contributed by atoms with van der Waals surface area (Å²) in [5.74, 6) is 0.0371. The molecule has 3 rings (SSSR count). The Morgan fingerprint density at radius 1 is 1.14 bits per heavy atom. The summed E-state index contributed by atoms with van der Waals surface area (Å²) >= 11 is 5.67. The molecule has 0 saturated carbocycles. The van der Waals surface area contributed by atoms with E-state index in [2.05, 4.69) is 38.2 Å². The van der Waals surface area contributed by atoms with Gasteiger partial charge in [-0.25, -0.2) is 9.97 Å². The lowest BCUT2D eigenvalue weighted by molar-refractivity contribution is -0.137. The van der Waals surface area contributed by atoms with Crippen molar-refractivity contribution in [2.45, 2.75) is 33.4 Å². The van der Waals surface area contributed by atoms with Crippen LogP contribution in [-0.4, -0.2) is 48.1 Å². The number of nitrogens with one attached hydrogen (secondary N) is 1. The fourth-order valence-electron chi connectivity index (χ4n) is 2.99. The van der Waals surface area contributed by atoms with Crippen LogP contribution >= 0.6 is 11.6 Å². The highest BCUT2D eigenvalue weighted by atomic mass is 35.5. The third kappa shape index (κ3) is 5.96. The zero-order valence-corrected chi connectivity index (χ0v) is 17.9. The molecular weight excluding hydrogens is 403 g/mol. The van der Waals surface area contributed by atoms with Crippen LogP contribution in [0, 0.1) is 0 Å². The van der Waals surface area contributed by atoms with E-state index in [1.165, 1.54) is 0 Å². The first-order valence-corrected chi connectivity index (χ1v) is 10.1. The van der Waals surface area contributed by atoms with Crippen LogP contribution in [0.3, 0.4) is 0 Å². The van der Waals surface area contributed by atoms with Crippen LogP contribution < -0.4 is 10.2 Å². The van der Waals surface area contributed by atoms with Gasteiger partial charge >= 0.3 is 6.18 Å². The highest BCUT2D eigenvalue weighted by Gasteiger charge is 2.34. The minimum atomic E-state index is -4.58. The van der Waals surface area contributed by atoms with E-state index in [-0.39, 0.29) is 5.95 Å². The third-order valence-corrected chi connectivity index (χ3v) is 4.92. The van der Waals surface area contributed by atoms with Gasteiger partial charge in [0, 0.05) is 43.8 Å². The number of nitrogens with zero attached hydrogens (tertiary/aromatic N) is 4. The maximum Gasteiger partial charge on any atom is 0.420 e. The van der Waals surface area contributed by atoms with Crippen molar-refractivity contribution < 1.29 is 13.2 Å². The molecule has 160 valence electrons. The Morgan fingerprint density at radius 2 is 1.79 bits per heavy atom. The first kappa shape index (κ1) is 23.2. The minimum absolute atomic E-state index is 0.0371. The maximum absolute atomic E-state index is 12.8. The minimum Gasteiger partial charge on any atom is -0.369 e. The average Bonchev–Trinajstić information content (AvgIpc) is 2.69. The van der Waals surface area contributed by atoms with Crippen LogP contribution in [0.2, 0.25) is 5.15 Å². The van der Waals surface area contributed by atoms with Crippen molar-refractivity contribution in [2.75, 3.05) is 43.4 Å². The smallest absolute Gasteiger partial charge is 0.369 e. The molecule has 0 aliphatic carbocycles. The summed E-state index contributed by atoms with van der Waals surface area (Å²) in [6, 6.07) is 6.00. The Morgan fingerprint density at radius 3 is 2.34 bits per heavy atom. The molecule has 1 aromatic carbocycles. The molecule has 0 amide bonds. The maximum atomic E-state index is 12.8. The number of halogens is 4. The molecule has 0 bridgehead atoms. The van der Waals surface area contributed by atoms with E-state index in [1.54, 1.807) is 0 Å². The van der Waals surface area contributed by atoms with Crippen LogP contribution in [0.25, 0.3) is 0 Å². The summed E-state index contributed by atoms with van der Waals surface area (Å²) < 4.78 is 38.3. The van der Waals surface area contributed by atoms with Gasteiger partial charge in [-0.05, 0) is 37.2 Å². The third-order valence-electron chi connectivity index (χ3n) is 4.63. The highest BCUT2D eigenvalue weighted by Crippen LogP contribution is 2.34. The lowest BCUT2D eigenvalue weighted by Crippen LogP contribution is -2.44. The summed E-state index contributed by atoms with van der Waals surface area (Å²) in [5.41, 5.74) is 1.88. The van der Waals surface area contributed by atoms with Crippen molar-refractivity contribution in [1.29, 1.82) is 0 Å². The van der Waals surface area contributed by atoms with Gasteiger partial charge in [0.25, 0.3) is 0 Å². The quantitative estimate of drug-likeness (QED) is 0.674. The van der Waals surface area contributed by atoms with E-state index in [0.29, 0.717) is 6.20 Å². The van der Waals surface area contributed by atoms with E-state index in [9.17, 15) is 13.2 Å². The van der Waals surface area contributed by atoms with Crippen molar-refractivity contribution in [1.82, 2.24) is 14.9 Å². The fraction of sp³-hybridized carbons (Fsp3) is 0.500. The molecule has 1 fully saturated rings. The molecule has 0 radical (unpaired) electrons. The zero-order chi connectivity index (χ0) is 21.6. The van der Waals surface area contributed by atoms with E-state index >= 15 is 0 Å². The van der Waals surface area contributed by atoms with E-state index in [4.69, 9.17) is 11.6 Å². The Balaban J connectivity index is 0.00000145. The average molecular weight is 430 g/mol. The monoisotopic (exact) mass is 429 g/mol. The number of anilines is 3. The second kappa shape index (κ2) is 10.1. The largest absolute Gasteiger partial charge is 0.420 e. The van der Waals surface area contributed by atoms with Crippen LogP contribution in [-0.2, 0) is 12.6 Å². The standard InChI is InChI=1S/C18H21ClF3N5.C2H6/c1-3-12-10-13(27-8-6-26(2)7-9-27)4-5-15(12)24-17-23-11-14(16(19)25-17)18(20,21)22;1-2/h4-5,10-11H,3,6-9H2,1-2H3,(H,23,24,25);1-2H3. The summed E-state index contributed by atoms with van der Waals surface area (Å²) in [4.78, 5) is 12.1. The van der Waals surface area contributed by atoms with Gasteiger partial charge in [0.2, 0.25) is 5.95 Å². The van der Waals surface area contributed by atoms with E-state index in [0.717, 1.165) is 49.5 Å². The molecule has 0 atom stereocenters. The Hall–Kier alpha value is -2.06. The second-order valence-electron chi connectivity index (χ2n) is 6.51. The van der Waals surface area contributed by atoms with Gasteiger partial charge in [-0.2, -0.15) is 13.2 Å². The lowest BCUT2D eigenvalue weighted by Gasteiger charge is -2.34. The summed E-state index contributed by atoms with van der Waals surface area (Å²) in [6.45, 7) is 9.97. The summed E-state index contributed by atoms with van der Waals surface area (Å²) in [5, 5.41) is 2.36. The predicted molar refractivity (Wildman–Crippen MR) is 112 cm³/mol.